The molecule has 2 heterocycles. The van der Waals surface area contributed by atoms with Crippen LogP contribution in [-0.4, -0.2) is 60.2 Å². The normalized spacial score (nSPS) is 19.0. The van der Waals surface area contributed by atoms with E-state index >= 15 is 0 Å². The van der Waals surface area contributed by atoms with Crippen LogP contribution in [0.4, 0.5) is 0 Å². The molecule has 0 amide bonds. The van der Waals surface area contributed by atoms with Crippen molar-refractivity contribution in [3.63, 3.8) is 0 Å². The van der Waals surface area contributed by atoms with Gasteiger partial charge in [0.25, 0.3) is 0 Å². The molecule has 1 aliphatic carbocycles. The van der Waals surface area contributed by atoms with Gasteiger partial charge in [0, 0.05) is 55.8 Å². The third-order valence-electron chi connectivity index (χ3n) is 5.71. The molecule has 6 nitrogen and oxygen atoms in total. The first-order valence-electron chi connectivity index (χ1n) is 10.1. The molecule has 2 fully saturated rings. The maximum atomic E-state index is 6.21. The largest absolute Gasteiger partial charge is 0.364 e. The molecule has 1 aromatic carbocycles. The molecular weight excluding hydrogens is 501 g/mol. The van der Waals surface area contributed by atoms with Crippen molar-refractivity contribution in [2.45, 2.75) is 31.7 Å². The van der Waals surface area contributed by atoms with Crippen molar-refractivity contribution in [2.75, 3.05) is 39.3 Å². The lowest BCUT2D eigenvalue weighted by molar-refractivity contribution is 0.169. The number of guanidine groups is 1. The predicted octanol–water partition coefficient (Wildman–Crippen LogP) is 3.76. The second kappa shape index (κ2) is 10.1. The van der Waals surface area contributed by atoms with Gasteiger partial charge in [-0.3, -0.25) is 9.89 Å². The molecule has 8 heteroatoms. The van der Waals surface area contributed by atoms with Crippen molar-refractivity contribution in [1.29, 1.82) is 0 Å². The summed E-state index contributed by atoms with van der Waals surface area (Å²) in [6.45, 7) is 8.59. The Bertz CT molecular complexity index is 801. The summed E-state index contributed by atoms with van der Waals surface area (Å²) in [7, 11) is 0. The average molecular weight is 530 g/mol. The van der Waals surface area contributed by atoms with E-state index in [0.717, 1.165) is 62.5 Å². The van der Waals surface area contributed by atoms with E-state index < -0.39 is 0 Å². The third-order valence-corrected chi connectivity index (χ3v) is 5.94. The van der Waals surface area contributed by atoms with Crippen LogP contribution in [0.2, 0.25) is 5.02 Å². The molecule has 2 aliphatic rings. The highest BCUT2D eigenvalue weighted by Crippen LogP contribution is 2.48. The third kappa shape index (κ3) is 5.64. The number of hydrogen-bond acceptors (Lipinski definition) is 4. The summed E-state index contributed by atoms with van der Waals surface area (Å²) in [5, 5.41) is 8.30. The first-order chi connectivity index (χ1) is 13.7. The zero-order valence-electron chi connectivity index (χ0n) is 16.8. The van der Waals surface area contributed by atoms with Gasteiger partial charge in [-0.05, 0) is 37.5 Å². The zero-order valence-corrected chi connectivity index (χ0v) is 19.9. The lowest BCUT2D eigenvalue weighted by Gasteiger charge is -2.36. The van der Waals surface area contributed by atoms with Crippen LogP contribution in [0.25, 0.3) is 0 Å². The first kappa shape index (κ1) is 22.4. The minimum absolute atomic E-state index is 0. The molecule has 4 rings (SSSR count). The van der Waals surface area contributed by atoms with Crippen LogP contribution in [0, 0.1) is 0 Å². The van der Waals surface area contributed by atoms with Gasteiger partial charge in [0.2, 0.25) is 0 Å². The van der Waals surface area contributed by atoms with E-state index in [1.165, 1.54) is 18.4 Å². The van der Waals surface area contributed by atoms with Gasteiger partial charge in [-0.15, -0.1) is 24.0 Å². The highest BCUT2D eigenvalue weighted by Gasteiger charge is 2.44. The molecule has 1 aliphatic heterocycles. The van der Waals surface area contributed by atoms with Crippen LogP contribution in [0.1, 0.15) is 31.0 Å². The molecule has 0 spiro atoms. The van der Waals surface area contributed by atoms with Crippen molar-refractivity contribution in [3.8, 4) is 0 Å². The number of halogens is 2. The highest BCUT2D eigenvalue weighted by molar-refractivity contribution is 14.0. The summed E-state index contributed by atoms with van der Waals surface area (Å²) in [6, 6.07) is 10.2. The molecule has 29 heavy (non-hydrogen) atoms. The van der Waals surface area contributed by atoms with Gasteiger partial charge in [-0.2, -0.15) is 0 Å². The van der Waals surface area contributed by atoms with Gasteiger partial charge >= 0.3 is 0 Å². The van der Waals surface area contributed by atoms with Crippen molar-refractivity contribution in [3.05, 3.63) is 52.9 Å². The molecule has 1 saturated heterocycles. The van der Waals surface area contributed by atoms with Crippen LogP contribution in [0.3, 0.4) is 0 Å². The molecule has 158 valence electrons. The Kier molecular flexibility index (Phi) is 7.81. The zero-order chi connectivity index (χ0) is 19.4. The summed E-state index contributed by atoms with van der Waals surface area (Å²) >= 11 is 6.21. The van der Waals surface area contributed by atoms with Crippen LogP contribution in [-0.2, 0) is 12.0 Å². The highest BCUT2D eigenvalue weighted by atomic mass is 127. The lowest BCUT2D eigenvalue weighted by atomic mass is 9.96. The Labute approximate surface area is 194 Å². The van der Waals surface area contributed by atoms with E-state index in [2.05, 4.69) is 39.3 Å². The van der Waals surface area contributed by atoms with Crippen LogP contribution in [0.15, 0.2) is 46.1 Å². The van der Waals surface area contributed by atoms with E-state index in [1.807, 2.05) is 18.2 Å². The SMILES string of the molecule is CCNC(=NCC1(c2cccc(Cl)c2)CC1)N1CCN(Cc2ccon2)CC1.I. The Hall–Kier alpha value is -1.32. The summed E-state index contributed by atoms with van der Waals surface area (Å²) in [4.78, 5) is 9.80. The predicted molar refractivity (Wildman–Crippen MR) is 127 cm³/mol. The number of hydrogen-bond donors (Lipinski definition) is 1. The van der Waals surface area contributed by atoms with Gasteiger partial charge in [0.05, 0.1) is 12.2 Å². The van der Waals surface area contributed by atoms with E-state index in [9.17, 15) is 0 Å². The second-order valence-electron chi connectivity index (χ2n) is 7.71. The minimum Gasteiger partial charge on any atom is -0.364 e. The van der Waals surface area contributed by atoms with Crippen LogP contribution >= 0.6 is 35.6 Å². The monoisotopic (exact) mass is 529 g/mol. The van der Waals surface area contributed by atoms with Gasteiger partial charge in [-0.25, -0.2) is 0 Å². The van der Waals surface area contributed by atoms with E-state index in [-0.39, 0.29) is 29.4 Å². The Balaban J connectivity index is 0.00000240. The van der Waals surface area contributed by atoms with Crippen molar-refractivity contribution in [1.82, 2.24) is 20.3 Å². The van der Waals surface area contributed by atoms with Crippen molar-refractivity contribution >= 4 is 41.5 Å². The van der Waals surface area contributed by atoms with Gasteiger partial charge in [0.1, 0.15) is 6.26 Å². The smallest absolute Gasteiger partial charge is 0.194 e. The fourth-order valence-corrected chi connectivity index (χ4v) is 4.02. The molecule has 1 aromatic heterocycles. The number of benzene rings is 1. The van der Waals surface area contributed by atoms with Crippen molar-refractivity contribution < 1.29 is 4.52 Å². The van der Waals surface area contributed by atoms with Gasteiger partial charge < -0.3 is 14.7 Å². The summed E-state index contributed by atoms with van der Waals surface area (Å²) in [6.07, 6.45) is 4.00. The van der Waals surface area contributed by atoms with E-state index in [0.29, 0.717) is 0 Å². The number of aromatic nitrogens is 1. The first-order valence-corrected chi connectivity index (χ1v) is 10.5. The Morgan fingerprint density at radius 2 is 2.03 bits per heavy atom. The van der Waals surface area contributed by atoms with Gasteiger partial charge in [-0.1, -0.05) is 28.9 Å². The van der Waals surface area contributed by atoms with Gasteiger partial charge in [0.15, 0.2) is 5.96 Å². The molecule has 0 bridgehead atoms. The molecule has 0 atom stereocenters. The number of rotatable bonds is 6. The lowest BCUT2D eigenvalue weighted by Crippen LogP contribution is -2.52. The van der Waals surface area contributed by atoms with Crippen molar-refractivity contribution in [2.24, 2.45) is 4.99 Å². The maximum Gasteiger partial charge on any atom is 0.194 e. The molecular formula is C21H29ClIN5O. The molecule has 2 aromatic rings. The summed E-state index contributed by atoms with van der Waals surface area (Å²) in [5.41, 5.74) is 2.48. The molecule has 1 N–H and O–H groups in total. The van der Waals surface area contributed by atoms with E-state index in [1.54, 1.807) is 6.26 Å². The molecule has 0 unspecified atom stereocenters. The number of nitrogens with one attached hydrogen (secondary N) is 1. The standard InChI is InChI=1S/C21H28ClN5O.HI/c1-2-23-20(24-16-21(7-8-21)17-4-3-5-18(22)14-17)27-11-9-26(10-12-27)15-19-6-13-28-25-19;/h3-6,13-14H,2,7-12,15-16H2,1H3,(H,23,24);1H. The molecule has 0 radical (unpaired) electrons. The Morgan fingerprint density at radius 3 is 2.66 bits per heavy atom. The quantitative estimate of drug-likeness (QED) is 0.351. The second-order valence-corrected chi connectivity index (χ2v) is 8.15. The average Bonchev–Trinajstić information content (AvgIpc) is 3.33. The minimum atomic E-state index is 0. The summed E-state index contributed by atoms with van der Waals surface area (Å²) in [5.74, 6) is 1.02. The topological polar surface area (TPSA) is 56.9 Å². The Morgan fingerprint density at radius 1 is 1.24 bits per heavy atom. The number of aliphatic imine (C=N–C) groups is 1. The number of piperazine rings is 1. The number of nitrogens with zero attached hydrogens (tertiary/aromatic N) is 4. The van der Waals surface area contributed by atoms with Crippen LogP contribution < -0.4 is 5.32 Å². The summed E-state index contributed by atoms with van der Waals surface area (Å²) < 4.78 is 4.94. The fourth-order valence-electron chi connectivity index (χ4n) is 3.83. The molecule has 1 saturated carbocycles. The fraction of sp³-hybridized carbons (Fsp3) is 0.524. The van der Waals surface area contributed by atoms with Crippen LogP contribution in [0.5, 0.6) is 0 Å². The van der Waals surface area contributed by atoms with E-state index in [4.69, 9.17) is 21.1 Å². The maximum absolute atomic E-state index is 6.21.